The number of nitrogens with one attached hydrogen (secondary N) is 1. The molecule has 0 aromatic carbocycles. The summed E-state index contributed by atoms with van der Waals surface area (Å²) in [6.45, 7) is 3.43. The molecule has 0 aromatic rings. The van der Waals surface area contributed by atoms with Gasteiger partial charge in [-0.1, -0.05) is 51.0 Å². The second-order valence-corrected chi connectivity index (χ2v) is 6.57. The third-order valence-electron chi connectivity index (χ3n) is 4.91. The number of rotatable bonds is 1. The fourth-order valence-corrected chi connectivity index (χ4v) is 3.81. The molecule has 1 unspecified atom stereocenters. The highest BCUT2D eigenvalue weighted by Gasteiger charge is 2.36. The Hall–Kier alpha value is -1.38. The average Bonchev–Trinajstić information content (AvgIpc) is 2.70. The van der Waals surface area contributed by atoms with Crippen LogP contribution in [0.15, 0.2) is 22.9 Å². The van der Waals surface area contributed by atoms with Gasteiger partial charge >= 0.3 is 0 Å². The van der Waals surface area contributed by atoms with E-state index >= 15 is 0 Å². The molecule has 0 saturated heterocycles. The molecule has 3 nitrogen and oxygen atoms in total. The topological polar surface area (TPSA) is 46.2 Å². The molecule has 3 heteroatoms. The molecule has 0 aliphatic heterocycles. The third-order valence-corrected chi connectivity index (χ3v) is 4.91. The van der Waals surface area contributed by atoms with E-state index in [9.17, 15) is 9.59 Å². The van der Waals surface area contributed by atoms with Crippen LogP contribution in [-0.2, 0) is 9.59 Å². The summed E-state index contributed by atoms with van der Waals surface area (Å²) < 4.78 is 0. The molecule has 1 fully saturated rings. The van der Waals surface area contributed by atoms with Gasteiger partial charge in [0.2, 0.25) is 11.7 Å². The summed E-state index contributed by atoms with van der Waals surface area (Å²) in [5.41, 5.74) is 2.67. The van der Waals surface area contributed by atoms with Crippen LogP contribution >= 0.6 is 0 Å². The minimum absolute atomic E-state index is 0.0487. The first-order valence-corrected chi connectivity index (χ1v) is 8.86. The molecule has 1 amide bonds. The molecular formula is C19H29NO2. The van der Waals surface area contributed by atoms with Gasteiger partial charge in [0, 0.05) is 18.4 Å². The maximum atomic E-state index is 12.6. The van der Waals surface area contributed by atoms with Crippen LogP contribution in [0.2, 0.25) is 0 Å². The van der Waals surface area contributed by atoms with Crippen molar-refractivity contribution in [1.82, 2.24) is 5.32 Å². The van der Waals surface area contributed by atoms with Crippen LogP contribution in [0.3, 0.4) is 0 Å². The molecule has 1 N–H and O–H groups in total. The van der Waals surface area contributed by atoms with Gasteiger partial charge in [-0.05, 0) is 31.8 Å². The molecule has 2 rings (SSSR count). The first-order valence-electron chi connectivity index (χ1n) is 8.86. The molecule has 0 spiro atoms. The average molecular weight is 303 g/mol. The summed E-state index contributed by atoms with van der Waals surface area (Å²) in [6.07, 6.45) is 14.0. The Morgan fingerprint density at radius 3 is 2.23 bits per heavy atom. The Balaban J connectivity index is 2.25. The van der Waals surface area contributed by atoms with E-state index in [0.29, 0.717) is 5.70 Å². The van der Waals surface area contributed by atoms with E-state index in [-0.39, 0.29) is 17.6 Å². The van der Waals surface area contributed by atoms with Crippen molar-refractivity contribution >= 4 is 11.7 Å². The second kappa shape index (κ2) is 8.30. The van der Waals surface area contributed by atoms with Crippen LogP contribution in [0, 0.1) is 5.92 Å². The van der Waals surface area contributed by atoms with E-state index in [4.69, 9.17) is 0 Å². The normalized spacial score (nSPS) is 26.4. The lowest BCUT2D eigenvalue weighted by Gasteiger charge is -2.17. The lowest BCUT2D eigenvalue weighted by Crippen LogP contribution is -2.24. The van der Waals surface area contributed by atoms with E-state index in [2.05, 4.69) is 5.32 Å². The van der Waals surface area contributed by atoms with Gasteiger partial charge in [-0.15, -0.1) is 0 Å². The molecule has 1 saturated carbocycles. The Labute approximate surface area is 134 Å². The molecule has 0 bridgehead atoms. The van der Waals surface area contributed by atoms with E-state index in [1.807, 2.05) is 13.0 Å². The molecule has 22 heavy (non-hydrogen) atoms. The zero-order valence-corrected chi connectivity index (χ0v) is 14.0. The molecular weight excluding hydrogens is 274 g/mol. The highest BCUT2D eigenvalue weighted by atomic mass is 16.2. The van der Waals surface area contributed by atoms with Gasteiger partial charge in [0.1, 0.15) is 0 Å². The van der Waals surface area contributed by atoms with Gasteiger partial charge in [0.15, 0.2) is 0 Å². The molecule has 0 aromatic heterocycles. The van der Waals surface area contributed by atoms with Gasteiger partial charge in [0.25, 0.3) is 0 Å². The number of hydrogen-bond donors (Lipinski definition) is 1. The van der Waals surface area contributed by atoms with Crippen LogP contribution in [-0.4, -0.2) is 11.7 Å². The first-order chi connectivity index (χ1) is 10.6. The number of ketones is 1. The van der Waals surface area contributed by atoms with Crippen molar-refractivity contribution in [3.63, 3.8) is 0 Å². The van der Waals surface area contributed by atoms with Crippen LogP contribution in [0.4, 0.5) is 0 Å². The molecule has 122 valence electrons. The first kappa shape index (κ1) is 17.0. The van der Waals surface area contributed by atoms with Crippen molar-refractivity contribution in [3.8, 4) is 0 Å². The number of allylic oxidation sites excluding steroid dienone is 3. The van der Waals surface area contributed by atoms with Crippen molar-refractivity contribution in [2.45, 2.75) is 78.1 Å². The van der Waals surface area contributed by atoms with E-state index in [0.717, 1.165) is 24.8 Å². The van der Waals surface area contributed by atoms with E-state index < -0.39 is 0 Å². The third kappa shape index (κ3) is 4.08. The van der Waals surface area contributed by atoms with Gasteiger partial charge in [-0.2, -0.15) is 0 Å². The zero-order chi connectivity index (χ0) is 15.9. The minimum Gasteiger partial charge on any atom is -0.323 e. The Morgan fingerprint density at radius 1 is 1.05 bits per heavy atom. The van der Waals surface area contributed by atoms with Crippen LogP contribution in [0.1, 0.15) is 78.1 Å². The SMILES string of the molecule is C/C=C1/C(=O)C(NC(C)=O)=C2CCCCCCCCCCC21. The molecule has 0 heterocycles. The van der Waals surface area contributed by atoms with Crippen molar-refractivity contribution in [2.75, 3.05) is 0 Å². The number of hydrogen-bond acceptors (Lipinski definition) is 2. The lowest BCUT2D eigenvalue weighted by atomic mass is 9.87. The highest BCUT2D eigenvalue weighted by Crippen LogP contribution is 2.39. The largest absolute Gasteiger partial charge is 0.323 e. The predicted octanol–water partition coefficient (Wildman–Crippen LogP) is 4.44. The van der Waals surface area contributed by atoms with Gasteiger partial charge in [0.05, 0.1) is 5.70 Å². The smallest absolute Gasteiger partial charge is 0.221 e. The van der Waals surface area contributed by atoms with E-state index in [1.165, 1.54) is 57.4 Å². The number of carbonyl (C=O) groups excluding carboxylic acids is 2. The summed E-state index contributed by atoms with van der Waals surface area (Å²) in [7, 11) is 0. The van der Waals surface area contributed by atoms with Crippen LogP contribution in [0.5, 0.6) is 0 Å². The van der Waals surface area contributed by atoms with Crippen LogP contribution in [0.25, 0.3) is 0 Å². The van der Waals surface area contributed by atoms with Crippen molar-refractivity contribution < 1.29 is 9.59 Å². The molecule has 1 atom stereocenters. The molecule has 2 aliphatic rings. The monoisotopic (exact) mass is 303 g/mol. The van der Waals surface area contributed by atoms with Crippen molar-refractivity contribution in [1.29, 1.82) is 0 Å². The van der Waals surface area contributed by atoms with Crippen molar-refractivity contribution in [3.05, 3.63) is 22.9 Å². The summed E-state index contributed by atoms with van der Waals surface area (Å²) in [6, 6.07) is 0. The summed E-state index contributed by atoms with van der Waals surface area (Å²) >= 11 is 0. The second-order valence-electron chi connectivity index (χ2n) is 6.57. The summed E-state index contributed by atoms with van der Waals surface area (Å²) in [5, 5.41) is 2.82. The number of Topliss-reactive ketones (excluding diaryl/α,β-unsaturated/α-hetero) is 1. The van der Waals surface area contributed by atoms with Gasteiger partial charge < -0.3 is 5.32 Å². The predicted molar refractivity (Wildman–Crippen MR) is 89.3 cm³/mol. The maximum Gasteiger partial charge on any atom is 0.221 e. The number of fused-ring (bicyclic) bond motifs is 1. The standard InChI is InChI=1S/C19H29NO2/c1-3-15-16-12-10-8-6-4-5-7-9-11-13-17(16)18(19(15)22)20-14(2)21/h3,16H,4-13H2,1-2H3,(H,20,21)/b15-3+. The van der Waals surface area contributed by atoms with Gasteiger partial charge in [-0.3, -0.25) is 9.59 Å². The highest BCUT2D eigenvalue weighted by molar-refractivity contribution is 6.13. The zero-order valence-electron chi connectivity index (χ0n) is 14.0. The maximum absolute atomic E-state index is 12.6. The summed E-state index contributed by atoms with van der Waals surface area (Å²) in [5.74, 6) is 0.143. The van der Waals surface area contributed by atoms with Gasteiger partial charge in [-0.25, -0.2) is 0 Å². The quantitative estimate of drug-likeness (QED) is 0.728. The minimum atomic E-state index is -0.141. The number of amides is 1. The fraction of sp³-hybridized carbons (Fsp3) is 0.684. The Kier molecular flexibility index (Phi) is 6.41. The fourth-order valence-electron chi connectivity index (χ4n) is 3.81. The summed E-state index contributed by atoms with van der Waals surface area (Å²) in [4.78, 5) is 24.1. The van der Waals surface area contributed by atoms with E-state index in [1.54, 1.807) is 0 Å². The van der Waals surface area contributed by atoms with Crippen molar-refractivity contribution in [2.24, 2.45) is 5.92 Å². The lowest BCUT2D eigenvalue weighted by molar-refractivity contribution is -0.120. The Morgan fingerprint density at radius 2 is 1.64 bits per heavy atom. The van der Waals surface area contributed by atoms with Crippen LogP contribution < -0.4 is 5.32 Å². The number of carbonyl (C=O) groups is 2. The Bertz CT molecular complexity index is 488. The molecule has 2 aliphatic carbocycles. The molecule has 0 radical (unpaired) electrons.